The lowest BCUT2D eigenvalue weighted by Crippen LogP contribution is -2.06. The van der Waals surface area contributed by atoms with Gasteiger partial charge in [-0.3, -0.25) is 0 Å². The molecule has 2 heterocycles. The van der Waals surface area contributed by atoms with Crippen LogP contribution in [0.5, 0.6) is 0 Å². The number of aromatic nitrogens is 2. The first kappa shape index (κ1) is 12.6. The second-order valence-corrected chi connectivity index (χ2v) is 4.47. The number of para-hydroxylation sites is 1. The summed E-state index contributed by atoms with van der Waals surface area (Å²) < 4.78 is 19.4. The largest absolute Gasteiger partial charge is 0.464 e. The molecule has 0 atom stereocenters. The highest BCUT2D eigenvalue weighted by molar-refractivity contribution is 5.92. The molecule has 0 bridgehead atoms. The van der Waals surface area contributed by atoms with Crippen molar-refractivity contribution in [1.82, 2.24) is 9.97 Å². The van der Waals surface area contributed by atoms with E-state index < -0.39 is 5.82 Å². The van der Waals surface area contributed by atoms with Crippen LogP contribution < -0.4 is 5.32 Å². The van der Waals surface area contributed by atoms with Gasteiger partial charge in [-0.1, -0.05) is 18.2 Å². The van der Waals surface area contributed by atoms with E-state index in [0.717, 1.165) is 16.5 Å². The van der Waals surface area contributed by atoms with Crippen molar-refractivity contribution in [1.29, 1.82) is 0 Å². The van der Waals surface area contributed by atoms with Gasteiger partial charge in [0.2, 0.25) is 0 Å². The Bertz CT molecular complexity index is 767. The molecule has 0 aliphatic carbocycles. The first-order valence-corrected chi connectivity index (χ1v) is 6.45. The van der Waals surface area contributed by atoms with E-state index in [0.29, 0.717) is 18.1 Å². The summed E-state index contributed by atoms with van der Waals surface area (Å²) in [6.07, 6.45) is 1.60. The van der Waals surface area contributed by atoms with Crippen molar-refractivity contribution in [3.05, 3.63) is 42.0 Å². The Morgan fingerprint density at radius 3 is 2.85 bits per heavy atom. The molecule has 0 aliphatic rings. The molecule has 0 aliphatic heterocycles. The predicted octanol–water partition coefficient (Wildman–Crippen LogP) is 3.77. The van der Waals surface area contributed by atoms with E-state index in [2.05, 4.69) is 15.3 Å². The fourth-order valence-electron chi connectivity index (χ4n) is 2.12. The van der Waals surface area contributed by atoms with Crippen LogP contribution >= 0.6 is 0 Å². The predicted molar refractivity (Wildman–Crippen MR) is 76.1 cm³/mol. The molecular weight excluding hydrogens is 257 g/mol. The minimum Gasteiger partial charge on any atom is -0.464 e. The Kier molecular flexibility index (Phi) is 3.10. The highest BCUT2D eigenvalue weighted by atomic mass is 19.1. The first-order valence-electron chi connectivity index (χ1n) is 6.45. The quantitative estimate of drug-likeness (QED) is 0.787. The van der Waals surface area contributed by atoms with Crippen molar-refractivity contribution in [3.63, 3.8) is 0 Å². The molecule has 2 aromatic heterocycles. The van der Waals surface area contributed by atoms with Crippen LogP contribution in [0.4, 0.5) is 10.2 Å². The monoisotopic (exact) mass is 271 g/mol. The number of furan rings is 1. The highest BCUT2D eigenvalue weighted by Crippen LogP contribution is 2.29. The van der Waals surface area contributed by atoms with E-state index in [1.54, 1.807) is 13.2 Å². The topological polar surface area (TPSA) is 51.0 Å². The molecule has 4 nitrogen and oxygen atoms in total. The lowest BCUT2D eigenvalue weighted by atomic mass is 10.1. The summed E-state index contributed by atoms with van der Waals surface area (Å²) in [6.45, 7) is 4.12. The van der Waals surface area contributed by atoms with Gasteiger partial charge in [0.1, 0.15) is 11.8 Å². The molecule has 0 fully saturated rings. The van der Waals surface area contributed by atoms with E-state index in [1.807, 2.05) is 31.2 Å². The number of fused-ring (bicyclic) bond motifs is 1. The lowest BCUT2D eigenvalue weighted by molar-refractivity contribution is 0.604. The molecule has 3 aromatic rings. The Morgan fingerprint density at radius 1 is 1.25 bits per heavy atom. The first-order chi connectivity index (χ1) is 9.70. The molecule has 20 heavy (non-hydrogen) atoms. The van der Waals surface area contributed by atoms with E-state index in [4.69, 9.17) is 4.42 Å². The van der Waals surface area contributed by atoms with Crippen LogP contribution in [-0.4, -0.2) is 16.5 Å². The van der Waals surface area contributed by atoms with E-state index >= 15 is 0 Å². The fourth-order valence-corrected chi connectivity index (χ4v) is 2.12. The molecule has 1 N–H and O–H groups in total. The number of nitrogens with zero attached hydrogens (tertiary/aromatic N) is 2. The molecule has 5 heteroatoms. The van der Waals surface area contributed by atoms with Crippen LogP contribution in [0, 0.1) is 12.7 Å². The molecule has 102 valence electrons. The zero-order valence-electron chi connectivity index (χ0n) is 11.3. The molecule has 0 unspecified atom stereocenters. The summed E-state index contributed by atoms with van der Waals surface area (Å²) >= 11 is 0. The second-order valence-electron chi connectivity index (χ2n) is 4.47. The molecule has 3 rings (SSSR count). The highest BCUT2D eigenvalue weighted by Gasteiger charge is 2.15. The molecule has 0 amide bonds. The molecule has 0 saturated heterocycles. The van der Waals surface area contributed by atoms with Crippen LogP contribution in [0.15, 0.2) is 34.9 Å². The summed E-state index contributed by atoms with van der Waals surface area (Å²) in [5.41, 5.74) is 1.84. The normalized spacial score (nSPS) is 10.9. The minimum absolute atomic E-state index is 0.222. The third-order valence-electron chi connectivity index (χ3n) is 3.08. The summed E-state index contributed by atoms with van der Waals surface area (Å²) in [5.74, 6) is 0.272. The summed E-state index contributed by atoms with van der Waals surface area (Å²) in [7, 11) is 0. The average molecular weight is 271 g/mol. The van der Waals surface area contributed by atoms with Crippen molar-refractivity contribution < 1.29 is 8.81 Å². The van der Waals surface area contributed by atoms with Crippen molar-refractivity contribution in [2.24, 2.45) is 0 Å². The number of aryl methyl sites for hydroxylation is 1. The van der Waals surface area contributed by atoms with Crippen molar-refractivity contribution >= 4 is 16.8 Å². The Balaban J connectivity index is 2.19. The number of anilines is 1. The lowest BCUT2D eigenvalue weighted by Gasteiger charge is -2.07. The van der Waals surface area contributed by atoms with Crippen molar-refractivity contribution in [2.45, 2.75) is 13.8 Å². The number of hydrogen-bond donors (Lipinski definition) is 1. The maximum absolute atomic E-state index is 13.9. The van der Waals surface area contributed by atoms with Gasteiger partial charge in [0, 0.05) is 11.9 Å². The molecule has 0 saturated carbocycles. The maximum Gasteiger partial charge on any atom is 0.186 e. The standard InChI is InChI=1S/C15H14FN3O/c1-3-17-15-13(16)9(2)18-14(19-15)11-8-20-12-7-5-4-6-10(11)12/h4-8H,3H2,1-2H3,(H,17,18,19). The van der Waals surface area contributed by atoms with Crippen LogP contribution in [0.1, 0.15) is 12.6 Å². The van der Waals surface area contributed by atoms with Crippen molar-refractivity contribution in [3.8, 4) is 11.4 Å². The van der Waals surface area contributed by atoms with Crippen LogP contribution in [-0.2, 0) is 0 Å². The van der Waals surface area contributed by atoms with Gasteiger partial charge in [-0.15, -0.1) is 0 Å². The van der Waals surface area contributed by atoms with Gasteiger partial charge >= 0.3 is 0 Å². The van der Waals surface area contributed by atoms with Gasteiger partial charge in [-0.2, -0.15) is 0 Å². The average Bonchev–Trinajstić information content (AvgIpc) is 2.88. The van der Waals surface area contributed by atoms with Crippen LogP contribution in [0.3, 0.4) is 0 Å². The van der Waals surface area contributed by atoms with E-state index in [1.165, 1.54) is 0 Å². The van der Waals surface area contributed by atoms with Gasteiger partial charge in [-0.25, -0.2) is 14.4 Å². The maximum atomic E-state index is 13.9. The fraction of sp³-hybridized carbons (Fsp3) is 0.200. The minimum atomic E-state index is -0.414. The molecule has 0 radical (unpaired) electrons. The smallest absolute Gasteiger partial charge is 0.186 e. The van der Waals surface area contributed by atoms with Crippen LogP contribution in [0.25, 0.3) is 22.4 Å². The van der Waals surface area contributed by atoms with Gasteiger partial charge < -0.3 is 9.73 Å². The third-order valence-corrected chi connectivity index (χ3v) is 3.08. The summed E-state index contributed by atoms with van der Waals surface area (Å²) in [6, 6.07) is 7.63. The third kappa shape index (κ3) is 2.01. The number of hydrogen-bond acceptors (Lipinski definition) is 4. The number of nitrogens with one attached hydrogen (secondary N) is 1. The van der Waals surface area contributed by atoms with Gasteiger partial charge in [-0.05, 0) is 19.9 Å². The van der Waals surface area contributed by atoms with E-state index in [9.17, 15) is 4.39 Å². The zero-order valence-corrected chi connectivity index (χ0v) is 11.3. The van der Waals surface area contributed by atoms with Gasteiger partial charge in [0.15, 0.2) is 17.5 Å². The second kappa shape index (κ2) is 4.92. The van der Waals surface area contributed by atoms with Gasteiger partial charge in [0.05, 0.1) is 11.3 Å². The van der Waals surface area contributed by atoms with Crippen LogP contribution in [0.2, 0.25) is 0 Å². The molecule has 1 aromatic carbocycles. The Hall–Kier alpha value is -2.43. The summed E-state index contributed by atoms with van der Waals surface area (Å²) in [4.78, 5) is 8.48. The Labute approximate surface area is 115 Å². The van der Waals surface area contributed by atoms with Crippen molar-refractivity contribution in [2.75, 3.05) is 11.9 Å². The summed E-state index contributed by atoms with van der Waals surface area (Å²) in [5, 5.41) is 3.83. The number of halogens is 1. The zero-order chi connectivity index (χ0) is 14.1. The van der Waals surface area contributed by atoms with Gasteiger partial charge in [0.25, 0.3) is 0 Å². The number of rotatable bonds is 3. The number of benzene rings is 1. The Morgan fingerprint density at radius 2 is 2.05 bits per heavy atom. The molecular formula is C15H14FN3O. The van der Waals surface area contributed by atoms with E-state index in [-0.39, 0.29) is 5.82 Å². The SMILES string of the molecule is CCNc1nc(-c2coc3ccccc23)nc(C)c1F. The molecule has 0 spiro atoms.